The van der Waals surface area contributed by atoms with Gasteiger partial charge >= 0.3 is 0 Å². The van der Waals surface area contributed by atoms with Crippen molar-refractivity contribution in [2.45, 2.75) is 43.2 Å². The van der Waals surface area contributed by atoms with Crippen molar-refractivity contribution < 1.29 is 13.2 Å². The quantitative estimate of drug-likeness (QED) is 0.770. The zero-order chi connectivity index (χ0) is 21.0. The first-order valence-electron chi connectivity index (χ1n) is 10.7. The van der Waals surface area contributed by atoms with Crippen LogP contribution >= 0.6 is 0 Å². The van der Waals surface area contributed by atoms with E-state index in [0.717, 1.165) is 18.7 Å². The first kappa shape index (κ1) is 21.0. The Labute approximate surface area is 178 Å². The van der Waals surface area contributed by atoms with E-state index in [2.05, 4.69) is 9.62 Å². The van der Waals surface area contributed by atoms with Gasteiger partial charge in [-0.05, 0) is 36.6 Å². The lowest BCUT2D eigenvalue weighted by atomic mass is 10.1. The fraction of sp³-hybridized carbons (Fsp3) is 0.435. The third kappa shape index (κ3) is 4.91. The maximum atomic E-state index is 13.0. The van der Waals surface area contributed by atoms with Gasteiger partial charge in [-0.1, -0.05) is 49.2 Å². The molecule has 2 aromatic rings. The number of benzene rings is 2. The van der Waals surface area contributed by atoms with Crippen LogP contribution < -0.4 is 4.72 Å². The molecular formula is C23H29N3O3S. The average Bonchev–Trinajstić information content (AvgIpc) is 3.33. The normalized spacial score (nSPS) is 18.6. The van der Waals surface area contributed by atoms with Crippen LogP contribution in [0, 0.1) is 0 Å². The summed E-state index contributed by atoms with van der Waals surface area (Å²) in [6, 6.07) is 16.4. The first-order valence-corrected chi connectivity index (χ1v) is 12.2. The number of carbonyl (C=O) groups excluding carboxylic acids is 1. The maximum absolute atomic E-state index is 13.0. The van der Waals surface area contributed by atoms with Gasteiger partial charge in [0.2, 0.25) is 10.0 Å². The predicted molar refractivity (Wildman–Crippen MR) is 117 cm³/mol. The van der Waals surface area contributed by atoms with Gasteiger partial charge < -0.3 is 4.90 Å². The predicted octanol–water partition coefficient (Wildman–Crippen LogP) is 2.87. The molecule has 6 nitrogen and oxygen atoms in total. The highest BCUT2D eigenvalue weighted by molar-refractivity contribution is 7.89. The molecule has 1 amide bonds. The van der Waals surface area contributed by atoms with Gasteiger partial charge in [-0.2, -0.15) is 0 Å². The van der Waals surface area contributed by atoms with Gasteiger partial charge in [-0.25, -0.2) is 13.1 Å². The summed E-state index contributed by atoms with van der Waals surface area (Å²) in [6.07, 6.45) is 5.15. The number of hydrogen-bond acceptors (Lipinski definition) is 4. The minimum Gasteiger partial charge on any atom is -0.336 e. The van der Waals surface area contributed by atoms with Crippen molar-refractivity contribution in [2.75, 3.05) is 26.2 Å². The Balaban J connectivity index is 1.39. The number of amides is 1. The molecule has 1 heterocycles. The van der Waals surface area contributed by atoms with Crippen molar-refractivity contribution in [3.63, 3.8) is 0 Å². The van der Waals surface area contributed by atoms with Crippen molar-refractivity contribution in [3.8, 4) is 0 Å². The number of nitrogens with zero attached hydrogens (tertiary/aromatic N) is 2. The third-order valence-electron chi connectivity index (χ3n) is 6.14. The summed E-state index contributed by atoms with van der Waals surface area (Å²) in [7, 11) is -3.69. The van der Waals surface area contributed by atoms with Gasteiger partial charge in [0.25, 0.3) is 5.91 Å². The van der Waals surface area contributed by atoms with Crippen LogP contribution in [-0.2, 0) is 16.6 Å². The molecule has 1 saturated heterocycles. The summed E-state index contributed by atoms with van der Waals surface area (Å²) in [5.74, 6) is -0.0961. The zero-order valence-electron chi connectivity index (χ0n) is 17.2. The summed E-state index contributed by atoms with van der Waals surface area (Å²) in [5.41, 5.74) is 1.31. The molecule has 0 unspecified atom stereocenters. The van der Waals surface area contributed by atoms with Crippen LogP contribution in [0.5, 0.6) is 0 Å². The second-order valence-corrected chi connectivity index (χ2v) is 9.87. The van der Waals surface area contributed by atoms with E-state index in [1.807, 2.05) is 35.2 Å². The molecule has 0 radical (unpaired) electrons. The van der Waals surface area contributed by atoms with Crippen LogP contribution in [0.4, 0.5) is 0 Å². The number of piperazine rings is 1. The van der Waals surface area contributed by atoms with Gasteiger partial charge in [0.05, 0.1) is 4.90 Å². The van der Waals surface area contributed by atoms with Gasteiger partial charge in [-0.15, -0.1) is 0 Å². The Morgan fingerprint density at radius 3 is 2.33 bits per heavy atom. The van der Waals surface area contributed by atoms with Crippen LogP contribution in [0.25, 0.3) is 0 Å². The Kier molecular flexibility index (Phi) is 6.51. The summed E-state index contributed by atoms with van der Waals surface area (Å²) in [4.78, 5) is 17.4. The van der Waals surface area contributed by atoms with Crippen molar-refractivity contribution in [1.29, 1.82) is 0 Å². The second-order valence-electron chi connectivity index (χ2n) is 8.10. The Hall–Kier alpha value is -2.22. The number of nitrogens with one attached hydrogen (secondary N) is 1. The fourth-order valence-electron chi connectivity index (χ4n) is 4.40. The van der Waals surface area contributed by atoms with Crippen LogP contribution in [-0.4, -0.2) is 56.3 Å². The molecule has 0 atom stereocenters. The summed E-state index contributed by atoms with van der Waals surface area (Å²) < 4.78 is 28.0. The number of hydrogen-bond donors (Lipinski definition) is 1. The molecule has 1 aliphatic heterocycles. The Morgan fingerprint density at radius 1 is 0.933 bits per heavy atom. The van der Waals surface area contributed by atoms with Crippen LogP contribution in [0.15, 0.2) is 59.5 Å². The molecule has 4 rings (SSSR count). The topological polar surface area (TPSA) is 69.7 Å². The molecular weight excluding hydrogens is 398 g/mol. The van der Waals surface area contributed by atoms with Crippen molar-refractivity contribution >= 4 is 15.9 Å². The van der Waals surface area contributed by atoms with E-state index in [9.17, 15) is 13.2 Å². The van der Waals surface area contributed by atoms with Crippen LogP contribution in [0.2, 0.25) is 0 Å². The van der Waals surface area contributed by atoms with Crippen LogP contribution in [0.3, 0.4) is 0 Å². The SMILES string of the molecule is O=C(c1cccc(S(=O)(=O)NCc2ccccc2)c1)N1CCN(C2CCCC2)CC1. The highest BCUT2D eigenvalue weighted by Crippen LogP contribution is 2.24. The number of sulfonamides is 1. The summed E-state index contributed by atoms with van der Waals surface area (Å²) in [6.45, 7) is 3.39. The van der Waals surface area contributed by atoms with E-state index < -0.39 is 10.0 Å². The van der Waals surface area contributed by atoms with Gasteiger partial charge in [0.15, 0.2) is 0 Å². The first-order chi connectivity index (χ1) is 14.5. The lowest BCUT2D eigenvalue weighted by molar-refractivity contribution is 0.0573. The fourth-order valence-corrected chi connectivity index (χ4v) is 5.46. The number of rotatable bonds is 6. The highest BCUT2D eigenvalue weighted by Gasteiger charge is 2.28. The highest BCUT2D eigenvalue weighted by atomic mass is 32.2. The van der Waals surface area contributed by atoms with E-state index in [0.29, 0.717) is 24.7 Å². The van der Waals surface area contributed by atoms with Gasteiger partial charge in [-0.3, -0.25) is 9.69 Å². The third-order valence-corrected chi connectivity index (χ3v) is 7.54. The van der Waals surface area contributed by atoms with Gasteiger partial charge in [0, 0.05) is 44.3 Å². The summed E-state index contributed by atoms with van der Waals surface area (Å²) >= 11 is 0. The molecule has 2 aliphatic rings. The smallest absolute Gasteiger partial charge is 0.253 e. The number of carbonyl (C=O) groups is 1. The zero-order valence-corrected chi connectivity index (χ0v) is 18.0. The molecule has 160 valence electrons. The van der Waals surface area contributed by atoms with Crippen LogP contribution in [0.1, 0.15) is 41.6 Å². The molecule has 30 heavy (non-hydrogen) atoms. The van der Waals surface area contributed by atoms with Crippen molar-refractivity contribution in [2.24, 2.45) is 0 Å². The molecule has 7 heteroatoms. The second kappa shape index (κ2) is 9.29. The monoisotopic (exact) mass is 427 g/mol. The van der Waals surface area contributed by atoms with E-state index in [1.54, 1.807) is 12.1 Å². The average molecular weight is 428 g/mol. The van der Waals surface area contributed by atoms with Gasteiger partial charge in [0.1, 0.15) is 0 Å². The lowest BCUT2D eigenvalue weighted by Gasteiger charge is -2.38. The molecule has 1 N–H and O–H groups in total. The Bertz CT molecular complexity index is 964. The Morgan fingerprint density at radius 2 is 1.63 bits per heavy atom. The van der Waals surface area contributed by atoms with E-state index in [1.165, 1.54) is 37.8 Å². The lowest BCUT2D eigenvalue weighted by Crippen LogP contribution is -2.51. The molecule has 2 fully saturated rings. The van der Waals surface area contributed by atoms with Crippen molar-refractivity contribution in [3.05, 3.63) is 65.7 Å². The largest absolute Gasteiger partial charge is 0.336 e. The molecule has 1 aliphatic carbocycles. The maximum Gasteiger partial charge on any atom is 0.253 e. The van der Waals surface area contributed by atoms with Crippen molar-refractivity contribution in [1.82, 2.24) is 14.5 Å². The molecule has 0 spiro atoms. The molecule has 2 aromatic carbocycles. The standard InChI is InChI=1S/C23H29N3O3S/c27-23(26-15-13-25(14-16-26)21-10-4-5-11-21)20-9-6-12-22(17-20)30(28,29)24-18-19-7-2-1-3-8-19/h1-3,6-9,12,17,21,24H,4-5,10-11,13-16,18H2. The van der Waals surface area contributed by atoms with E-state index >= 15 is 0 Å². The minimum absolute atomic E-state index is 0.0961. The summed E-state index contributed by atoms with van der Waals surface area (Å²) in [5, 5.41) is 0. The molecule has 0 aromatic heterocycles. The minimum atomic E-state index is -3.69. The van der Waals surface area contributed by atoms with E-state index in [4.69, 9.17) is 0 Å². The molecule has 0 bridgehead atoms. The molecule has 1 saturated carbocycles. The van der Waals surface area contributed by atoms with E-state index in [-0.39, 0.29) is 17.3 Å².